The number of carbonyl (C=O) groups excluding carboxylic acids is 1. The molecule has 31 unspecified atom stereocenters. The molecule has 8 nitrogen and oxygen atoms in total. The van der Waals surface area contributed by atoms with Crippen molar-refractivity contribution in [3.63, 3.8) is 0 Å². The summed E-state index contributed by atoms with van der Waals surface area (Å²) in [5, 5.41) is 13.7. The largest absolute Gasteiger partial charge is 0.509 e. The van der Waals surface area contributed by atoms with Crippen LogP contribution in [0, 0.1) is 16.7 Å². The van der Waals surface area contributed by atoms with Crippen LogP contribution in [0.1, 0.15) is 53.9 Å². The molecule has 1 saturated heterocycles. The highest BCUT2D eigenvalue weighted by atomic mass is 33.2. The second-order valence-electron chi connectivity index (χ2n) is 15.9. The Morgan fingerprint density at radius 2 is 1.27 bits per heavy atom. The first-order chi connectivity index (χ1) is 29.4. The lowest BCUT2D eigenvalue weighted by molar-refractivity contribution is -0.245. The maximum absolute atomic E-state index is 14.5. The molecule has 2 bridgehead atoms. The second-order valence-corrected chi connectivity index (χ2v) is 138. The van der Waals surface area contributed by atoms with Gasteiger partial charge in [0.2, 0.25) is 0 Å². The molecule has 372 valence electrons. The summed E-state index contributed by atoms with van der Waals surface area (Å²) in [6, 6.07) is 0. The van der Waals surface area contributed by atoms with Gasteiger partial charge >= 0.3 is 6.16 Å². The van der Waals surface area contributed by atoms with Crippen molar-refractivity contribution in [2.24, 2.45) is 16.7 Å². The van der Waals surface area contributed by atoms with E-state index in [4.69, 9.17) is 23.0 Å². The Bertz CT molecular complexity index is 1630. The van der Waals surface area contributed by atoms with Crippen molar-refractivity contribution in [1.82, 2.24) is 0 Å². The molecule has 3 aliphatic carbocycles. The van der Waals surface area contributed by atoms with E-state index >= 15 is 0 Å². The lowest BCUT2D eigenvalue weighted by atomic mass is 9.46. The zero-order valence-electron chi connectivity index (χ0n) is 35.4. The predicted octanol–water partition coefficient (Wildman–Crippen LogP) is 22.8. The van der Waals surface area contributed by atoms with E-state index in [0.29, 0.717) is 27.2 Å². The molecule has 1 aliphatic heterocycles. The van der Waals surface area contributed by atoms with Crippen LogP contribution >= 0.6 is 284 Å². The average Bonchev–Trinajstić information content (AvgIpc) is 3.47. The molecule has 4 aliphatic rings. The van der Waals surface area contributed by atoms with Gasteiger partial charge in [0.25, 0.3) is 0 Å². The lowest BCUT2D eigenvalue weighted by Gasteiger charge is -2.65. The molecule has 33 atom stereocenters. The molecular formula is C21H65O8P35. The smallest absolute Gasteiger partial charge is 0.426 e. The van der Waals surface area contributed by atoms with Crippen molar-refractivity contribution >= 4 is 290 Å². The predicted molar refractivity (Wildman–Crippen MR) is 390 cm³/mol. The van der Waals surface area contributed by atoms with E-state index in [2.05, 4.69) is 188 Å². The highest BCUT2D eigenvalue weighted by Crippen LogP contribution is 3.19. The van der Waals surface area contributed by atoms with E-state index in [1.54, 1.807) is 0 Å². The molecule has 0 aromatic carbocycles. The summed E-state index contributed by atoms with van der Waals surface area (Å²) in [4.78, 5) is 14.5. The zero-order chi connectivity index (χ0) is 48.9. The fourth-order valence-electron chi connectivity index (χ4n) is 9.38. The Hall–Kier alpha value is 13.6. The van der Waals surface area contributed by atoms with Gasteiger partial charge in [-0.2, -0.15) is 0 Å². The quantitative estimate of drug-likeness (QED) is 0.0731. The SMILES string of the molecule is CC1=C2C(OP(P(P)P)P(PP)P(P)P)C[C@]3(C)C(OP(P(P)P)P(P)P)CC(OP(P)P(P)P)C(C)(O)C3C3OC(=O)OC3(CC1[P@](P(P=O)P(P)P)P(P(P)P)P(P)P)C2(C)C. The van der Waals surface area contributed by atoms with Gasteiger partial charge in [0.1, 0.15) is 0 Å². The highest BCUT2D eigenvalue weighted by molar-refractivity contribution is 9.20. The Morgan fingerprint density at radius 1 is 0.719 bits per heavy atom. The summed E-state index contributed by atoms with van der Waals surface area (Å²) >= 11 is 0. The molecule has 64 heavy (non-hydrogen) atoms. The van der Waals surface area contributed by atoms with Gasteiger partial charge in [-0.15, -0.1) is 152 Å². The lowest BCUT2D eigenvalue weighted by Crippen LogP contribution is -2.73. The fourth-order valence-corrected chi connectivity index (χ4v) is 219. The molecule has 0 amide bonds. The van der Waals surface area contributed by atoms with E-state index < -0.39 is 153 Å². The number of allylic oxidation sites excluding steroid dienone is 1. The molecule has 1 heterocycles. The van der Waals surface area contributed by atoms with Crippen LogP contribution in [0.3, 0.4) is 0 Å². The van der Waals surface area contributed by atoms with Gasteiger partial charge in [-0.05, 0) is 96.0 Å². The zero-order valence-corrected chi connectivity index (χ0v) is 71.5. The van der Waals surface area contributed by atoms with Gasteiger partial charge in [0.05, 0.1) is 53.5 Å². The highest BCUT2D eigenvalue weighted by Gasteiger charge is 2.76. The van der Waals surface area contributed by atoms with E-state index in [9.17, 15) is 14.5 Å². The first-order valence-electron chi connectivity index (χ1n) is 18.2. The summed E-state index contributed by atoms with van der Waals surface area (Å²) in [6.45, 7) is 4.18. The van der Waals surface area contributed by atoms with Crippen molar-refractivity contribution < 1.29 is 37.5 Å². The van der Waals surface area contributed by atoms with Crippen molar-refractivity contribution in [2.45, 2.75) is 95.2 Å². The third-order valence-corrected chi connectivity index (χ3v) is 168. The summed E-state index contributed by atoms with van der Waals surface area (Å²) in [5.74, 6) is -0.661. The van der Waals surface area contributed by atoms with E-state index in [0.717, 1.165) is 0 Å². The minimum absolute atomic E-state index is 0.0216. The van der Waals surface area contributed by atoms with Crippen LogP contribution in [0.5, 0.6) is 0 Å². The molecule has 1 spiro atoms. The van der Waals surface area contributed by atoms with Crippen molar-refractivity contribution in [2.75, 3.05) is 0 Å². The van der Waals surface area contributed by atoms with Crippen LogP contribution in [0.2, 0.25) is 0 Å². The van der Waals surface area contributed by atoms with E-state index in [-0.39, 0.29) is 26.0 Å². The Kier molecular flexibility index (Phi) is 33.5. The van der Waals surface area contributed by atoms with Crippen LogP contribution in [0.15, 0.2) is 11.1 Å². The summed E-state index contributed by atoms with van der Waals surface area (Å²) in [6.07, 6.45) is -1.35. The summed E-state index contributed by atoms with van der Waals surface area (Å²) < 4.78 is 50.2. The molecular weight excluding hydrogens is 1460 g/mol. The topological polar surface area (TPSA) is 101 Å². The maximum Gasteiger partial charge on any atom is 0.509 e. The van der Waals surface area contributed by atoms with Gasteiger partial charge < -0.3 is 28.2 Å². The van der Waals surface area contributed by atoms with Crippen molar-refractivity contribution in [1.29, 1.82) is 0 Å². The number of aliphatic hydroxyl groups is 1. The van der Waals surface area contributed by atoms with Crippen molar-refractivity contribution in [3.05, 3.63) is 11.1 Å². The number of ether oxygens (including phenoxy) is 2. The third kappa shape index (κ3) is 16.1. The number of hydrogen-bond donors (Lipinski definition) is 1. The minimum atomic E-state index is -1.47. The molecule has 1 N–H and O–H groups in total. The maximum atomic E-state index is 14.5. The Morgan fingerprint density at radius 3 is 1.70 bits per heavy atom. The molecule has 3 fully saturated rings. The van der Waals surface area contributed by atoms with Crippen LogP contribution in [-0.2, 0) is 27.6 Å². The number of carbonyl (C=O) groups is 1. The van der Waals surface area contributed by atoms with Crippen LogP contribution in [0.25, 0.3) is 0 Å². The van der Waals surface area contributed by atoms with Gasteiger partial charge in [0.15, 0.2) is 19.9 Å². The monoisotopic (exact) mass is 1530 g/mol. The van der Waals surface area contributed by atoms with Crippen LogP contribution in [-0.4, -0.2) is 52.5 Å². The first kappa shape index (κ1) is 70.1. The van der Waals surface area contributed by atoms with Gasteiger partial charge in [-0.3, -0.25) is 4.57 Å². The second kappa shape index (κ2) is 30.6. The minimum Gasteiger partial charge on any atom is -0.426 e. The standard InChI is InChI=1S/C21H65O8P35/c1-9-11(50(62(48-24)58(40)41)64(60(44)45)61(46)47)8-21-16(25-17(22)26-21)15-19(4,7-10(14(9)18(21,2)3)27-53(57(38)39)63(49-30)59(42)43)12(29-52(55(34)35)56(36)37)6-13(20(15,5)23)28-51(31)54(32)33/h10-13,15-16,23,49H,6-8,30-47H2,1-5H3/t10?,11?,12?,13?,15?,16?,19-,20?,21?,50-,51?,53?,62?,63?/m1/s1. The van der Waals surface area contributed by atoms with Gasteiger partial charge in [-0.1, -0.05) is 43.2 Å². The summed E-state index contributed by atoms with van der Waals surface area (Å²) in [5.41, 5.74) is -1.74. The molecule has 0 aromatic rings. The normalized spacial score (nSPS) is 34.8. The number of fused-ring (bicyclic) bond motifs is 3. The average molecular weight is 1530 g/mol. The van der Waals surface area contributed by atoms with Crippen LogP contribution in [0.4, 0.5) is 4.79 Å². The van der Waals surface area contributed by atoms with Crippen LogP contribution < -0.4 is 0 Å². The Balaban J connectivity index is 2.25. The van der Waals surface area contributed by atoms with E-state index in [1.807, 2.05) is 6.92 Å². The van der Waals surface area contributed by atoms with E-state index in [1.165, 1.54) is 11.1 Å². The molecule has 43 heteroatoms. The third-order valence-electron chi connectivity index (χ3n) is 11.8. The molecule has 0 radical (unpaired) electrons. The first-order valence-corrected chi connectivity index (χ1v) is 78.6. The van der Waals surface area contributed by atoms with Crippen molar-refractivity contribution in [3.8, 4) is 0 Å². The Labute approximate surface area is 445 Å². The fraction of sp³-hybridized carbons (Fsp3) is 0.857. The molecule has 0 aromatic heterocycles. The van der Waals surface area contributed by atoms with Gasteiger partial charge in [-0.25, -0.2) is 4.79 Å². The number of rotatable bonds is 20. The number of hydrogen-bond acceptors (Lipinski definition) is 8. The molecule has 2 saturated carbocycles. The summed E-state index contributed by atoms with van der Waals surface area (Å²) in [7, 11) is 52.3. The van der Waals surface area contributed by atoms with Gasteiger partial charge in [0, 0.05) is 42.2 Å². The molecule has 4 rings (SSSR count).